The van der Waals surface area contributed by atoms with E-state index in [-0.39, 0.29) is 17.5 Å². The number of methoxy groups -OCH3 is 1. The smallest absolute Gasteiger partial charge is 0.337 e. The van der Waals surface area contributed by atoms with Crippen LogP contribution >= 0.6 is 11.6 Å². The summed E-state index contributed by atoms with van der Waals surface area (Å²) in [6, 6.07) is 13.4. The van der Waals surface area contributed by atoms with Crippen molar-refractivity contribution in [2.24, 2.45) is 4.99 Å². The largest absolute Gasteiger partial charge is 0.479 e. The topological polar surface area (TPSA) is 84.9 Å². The van der Waals surface area contributed by atoms with Crippen molar-refractivity contribution < 1.29 is 19.1 Å². The fourth-order valence-electron chi connectivity index (χ4n) is 2.06. The van der Waals surface area contributed by atoms with Crippen LogP contribution in [0.1, 0.15) is 16.1 Å². The molecule has 0 saturated heterocycles. The van der Waals surface area contributed by atoms with E-state index in [0.717, 1.165) is 0 Å². The first-order valence-electron chi connectivity index (χ1n) is 7.25. The number of nitrogens with zero attached hydrogens (tertiary/aromatic N) is 2. The maximum absolute atomic E-state index is 11.4. The second-order valence-electron chi connectivity index (χ2n) is 5.01. The van der Waals surface area contributed by atoms with E-state index in [9.17, 15) is 9.90 Å². The molecule has 0 atom stereocenters. The highest BCUT2D eigenvalue weighted by Gasteiger charge is 2.12. The molecule has 7 heteroatoms. The average molecular weight is 357 g/mol. The molecule has 0 bridgehead atoms. The number of rotatable bonds is 4. The van der Waals surface area contributed by atoms with Crippen molar-refractivity contribution in [2.75, 3.05) is 7.11 Å². The second kappa shape index (κ2) is 7.19. The van der Waals surface area contributed by atoms with Gasteiger partial charge >= 0.3 is 11.9 Å². The van der Waals surface area contributed by atoms with Gasteiger partial charge in [0.15, 0.2) is 5.69 Å². The number of carbonyl (C=O) groups is 1. The van der Waals surface area contributed by atoms with Crippen molar-refractivity contribution in [1.82, 2.24) is 4.98 Å². The monoisotopic (exact) mass is 356 g/mol. The number of aromatic hydroxyl groups is 1. The van der Waals surface area contributed by atoms with Crippen LogP contribution in [-0.4, -0.2) is 29.4 Å². The molecular weight excluding hydrogens is 344 g/mol. The number of ether oxygens (including phenoxy) is 1. The van der Waals surface area contributed by atoms with E-state index in [0.29, 0.717) is 21.8 Å². The maximum Gasteiger partial charge on any atom is 0.337 e. The van der Waals surface area contributed by atoms with Gasteiger partial charge in [0, 0.05) is 10.6 Å². The van der Waals surface area contributed by atoms with Gasteiger partial charge in [-0.2, -0.15) is 0 Å². The van der Waals surface area contributed by atoms with Gasteiger partial charge in [-0.1, -0.05) is 11.6 Å². The molecule has 1 heterocycles. The van der Waals surface area contributed by atoms with E-state index in [2.05, 4.69) is 14.7 Å². The van der Waals surface area contributed by atoms with Gasteiger partial charge in [-0.05, 0) is 48.5 Å². The van der Waals surface area contributed by atoms with Crippen molar-refractivity contribution in [3.05, 3.63) is 64.8 Å². The molecule has 2 aromatic carbocycles. The third-order valence-electron chi connectivity index (χ3n) is 3.35. The molecule has 1 N–H and O–H groups in total. The van der Waals surface area contributed by atoms with Crippen LogP contribution < -0.4 is 0 Å². The first-order chi connectivity index (χ1) is 12.1. The normalized spacial score (nSPS) is 11.0. The summed E-state index contributed by atoms with van der Waals surface area (Å²) in [6.07, 6.45) is 1.38. The minimum Gasteiger partial charge on any atom is -0.479 e. The van der Waals surface area contributed by atoms with Crippen molar-refractivity contribution in [2.45, 2.75) is 0 Å². The van der Waals surface area contributed by atoms with Crippen LogP contribution in [0, 0.1) is 0 Å². The number of carbonyl (C=O) groups excluding carboxylic acids is 1. The summed E-state index contributed by atoms with van der Waals surface area (Å²) in [5.74, 6) is -0.492. The Labute approximate surface area is 148 Å². The van der Waals surface area contributed by atoms with Crippen molar-refractivity contribution in [1.29, 1.82) is 0 Å². The summed E-state index contributed by atoms with van der Waals surface area (Å²) >= 11 is 5.84. The van der Waals surface area contributed by atoms with E-state index in [1.165, 1.54) is 13.3 Å². The Balaban J connectivity index is 1.79. The second-order valence-corrected chi connectivity index (χ2v) is 5.45. The Morgan fingerprint density at radius 2 is 1.88 bits per heavy atom. The third kappa shape index (κ3) is 3.87. The molecule has 0 unspecified atom stereocenters. The molecule has 0 aliphatic carbocycles. The summed E-state index contributed by atoms with van der Waals surface area (Å²) in [7, 11) is 1.32. The lowest BCUT2D eigenvalue weighted by atomic mass is 10.2. The maximum atomic E-state index is 11.4. The van der Waals surface area contributed by atoms with Crippen LogP contribution in [0.3, 0.4) is 0 Å². The molecule has 0 amide bonds. The Hall–Kier alpha value is -3.12. The highest BCUT2D eigenvalue weighted by molar-refractivity contribution is 6.30. The van der Waals surface area contributed by atoms with E-state index in [1.54, 1.807) is 48.5 Å². The van der Waals surface area contributed by atoms with Crippen LogP contribution in [0.5, 0.6) is 5.95 Å². The van der Waals surface area contributed by atoms with Crippen LogP contribution in [-0.2, 0) is 4.74 Å². The Morgan fingerprint density at radius 3 is 2.52 bits per heavy atom. The average Bonchev–Trinajstić information content (AvgIpc) is 3.01. The predicted octanol–water partition coefficient (Wildman–Crippen LogP) is 4.24. The predicted molar refractivity (Wildman–Crippen MR) is 93.6 cm³/mol. The summed E-state index contributed by atoms with van der Waals surface area (Å²) in [6.45, 7) is 0. The molecule has 0 saturated carbocycles. The van der Waals surface area contributed by atoms with Crippen molar-refractivity contribution >= 4 is 29.5 Å². The lowest BCUT2D eigenvalue weighted by Crippen LogP contribution is -1.99. The summed E-state index contributed by atoms with van der Waals surface area (Å²) in [5, 5.41) is 10.5. The van der Waals surface area contributed by atoms with Crippen LogP contribution in [0.15, 0.2) is 57.9 Å². The molecule has 6 nitrogen and oxygen atoms in total. The van der Waals surface area contributed by atoms with E-state index < -0.39 is 5.97 Å². The van der Waals surface area contributed by atoms with Gasteiger partial charge in [0.05, 0.1) is 24.6 Å². The lowest BCUT2D eigenvalue weighted by Gasteiger charge is -1.98. The number of oxazole rings is 1. The number of halogens is 1. The number of hydrogen-bond acceptors (Lipinski definition) is 6. The lowest BCUT2D eigenvalue weighted by molar-refractivity contribution is 0.0601. The molecule has 25 heavy (non-hydrogen) atoms. The molecule has 126 valence electrons. The zero-order chi connectivity index (χ0) is 17.8. The minimum absolute atomic E-state index is 0.196. The standard InChI is InChI=1S/C18H13ClN2O4/c1-24-17(22)12-4-8-14(9-5-12)20-10-15-18(23)25-16(21-15)11-2-6-13(19)7-3-11/h2-10,23H,1H3. The summed E-state index contributed by atoms with van der Waals surface area (Å²) in [4.78, 5) is 19.8. The molecule has 3 rings (SSSR count). The van der Waals surface area contributed by atoms with E-state index >= 15 is 0 Å². The fraction of sp³-hybridized carbons (Fsp3) is 0.0556. The molecule has 0 fully saturated rings. The Kier molecular flexibility index (Phi) is 4.81. The number of aromatic nitrogens is 1. The number of aliphatic imine (C=N–C) groups is 1. The fourth-order valence-corrected chi connectivity index (χ4v) is 2.19. The van der Waals surface area contributed by atoms with Gasteiger partial charge in [0.1, 0.15) is 0 Å². The first kappa shape index (κ1) is 16.7. The highest BCUT2D eigenvalue weighted by atomic mass is 35.5. The number of esters is 1. The third-order valence-corrected chi connectivity index (χ3v) is 3.60. The molecule has 0 aliphatic heterocycles. The van der Waals surface area contributed by atoms with Crippen LogP contribution in [0.2, 0.25) is 5.02 Å². The number of benzene rings is 2. The number of hydrogen-bond donors (Lipinski definition) is 1. The molecule has 0 radical (unpaired) electrons. The first-order valence-corrected chi connectivity index (χ1v) is 7.63. The quantitative estimate of drug-likeness (QED) is 0.558. The Morgan fingerprint density at radius 1 is 1.20 bits per heavy atom. The zero-order valence-electron chi connectivity index (χ0n) is 13.1. The van der Waals surface area contributed by atoms with Crippen molar-refractivity contribution in [3.63, 3.8) is 0 Å². The van der Waals surface area contributed by atoms with Crippen molar-refractivity contribution in [3.8, 4) is 17.4 Å². The van der Waals surface area contributed by atoms with Gasteiger partial charge in [0.2, 0.25) is 5.89 Å². The van der Waals surface area contributed by atoms with Crippen LogP contribution in [0.25, 0.3) is 11.5 Å². The summed E-state index contributed by atoms with van der Waals surface area (Å²) in [5.41, 5.74) is 1.89. The molecule has 1 aromatic heterocycles. The molecule has 0 spiro atoms. The van der Waals surface area contributed by atoms with E-state index in [1.807, 2.05) is 0 Å². The SMILES string of the molecule is COC(=O)c1ccc(N=Cc2nc(-c3ccc(Cl)cc3)oc2O)cc1. The molecular formula is C18H13ClN2O4. The van der Waals surface area contributed by atoms with Gasteiger partial charge < -0.3 is 14.3 Å². The van der Waals surface area contributed by atoms with Gasteiger partial charge in [0.25, 0.3) is 0 Å². The van der Waals surface area contributed by atoms with Gasteiger partial charge in [-0.25, -0.2) is 9.78 Å². The van der Waals surface area contributed by atoms with Gasteiger partial charge in [-0.3, -0.25) is 4.99 Å². The van der Waals surface area contributed by atoms with E-state index in [4.69, 9.17) is 16.0 Å². The van der Waals surface area contributed by atoms with Crippen LogP contribution in [0.4, 0.5) is 5.69 Å². The Bertz CT molecular complexity index is 915. The van der Waals surface area contributed by atoms with Gasteiger partial charge in [-0.15, -0.1) is 0 Å². The summed E-state index contributed by atoms with van der Waals surface area (Å²) < 4.78 is 9.88. The highest BCUT2D eigenvalue weighted by Crippen LogP contribution is 2.27. The zero-order valence-corrected chi connectivity index (χ0v) is 13.9. The molecule has 3 aromatic rings. The molecule has 0 aliphatic rings. The minimum atomic E-state index is -0.419.